The molecule has 16 heavy (non-hydrogen) atoms. The highest BCUT2D eigenvalue weighted by atomic mass is 32.2. The van der Waals surface area contributed by atoms with Gasteiger partial charge in [0.05, 0.1) is 11.5 Å². The second-order valence-electron chi connectivity index (χ2n) is 4.88. The Hall–Kier alpha value is -0.350. The van der Waals surface area contributed by atoms with Gasteiger partial charge in [-0.05, 0) is 38.6 Å². The van der Waals surface area contributed by atoms with Crippen LogP contribution in [0, 0.1) is 5.92 Å². The first kappa shape index (κ1) is 13.7. The first-order valence-electron chi connectivity index (χ1n) is 6.03. The summed E-state index contributed by atoms with van der Waals surface area (Å²) in [5, 5.41) is 3.46. The molecule has 94 valence electrons. The van der Waals surface area contributed by atoms with Crippen LogP contribution < -0.4 is 5.32 Å². The monoisotopic (exact) mass is 245 g/mol. The molecule has 1 aliphatic heterocycles. The number of hydrogen-bond acceptors (Lipinski definition) is 3. The van der Waals surface area contributed by atoms with Crippen LogP contribution in [-0.2, 0) is 9.84 Å². The van der Waals surface area contributed by atoms with Crippen molar-refractivity contribution in [2.45, 2.75) is 39.2 Å². The molecule has 0 spiro atoms. The van der Waals surface area contributed by atoms with Gasteiger partial charge in [0.1, 0.15) is 0 Å². The Bertz CT molecular complexity index is 335. The van der Waals surface area contributed by atoms with E-state index in [9.17, 15) is 8.42 Å². The van der Waals surface area contributed by atoms with E-state index in [0.717, 1.165) is 31.4 Å². The normalized spacial score (nSPS) is 25.5. The molecule has 0 aromatic carbocycles. The molecule has 0 radical (unpaired) electrons. The van der Waals surface area contributed by atoms with Gasteiger partial charge in [-0.3, -0.25) is 0 Å². The molecule has 1 rings (SSSR count). The molecule has 1 aliphatic rings. The van der Waals surface area contributed by atoms with E-state index < -0.39 is 9.84 Å². The molecule has 1 saturated heterocycles. The van der Waals surface area contributed by atoms with Gasteiger partial charge in [0.25, 0.3) is 0 Å². The third-order valence-electron chi connectivity index (χ3n) is 3.06. The van der Waals surface area contributed by atoms with Crippen LogP contribution in [0.2, 0.25) is 0 Å². The standard InChI is InChI=1S/C12H23NO2S/c1-4-6-13-12(8-10(2)3)11-5-7-16(14,15)9-11/h11-13H,2,4-9H2,1,3H3. The SMILES string of the molecule is C=C(C)CC(NCCC)C1CCS(=O)(=O)C1. The predicted octanol–water partition coefficient (Wildman–Crippen LogP) is 1.76. The molecule has 0 saturated carbocycles. The van der Waals surface area contributed by atoms with E-state index in [-0.39, 0.29) is 12.0 Å². The fourth-order valence-electron chi connectivity index (χ4n) is 2.25. The Balaban J connectivity index is 2.58. The van der Waals surface area contributed by atoms with Gasteiger partial charge in [-0.25, -0.2) is 8.42 Å². The van der Waals surface area contributed by atoms with Crippen molar-refractivity contribution in [1.29, 1.82) is 0 Å². The van der Waals surface area contributed by atoms with Crippen molar-refractivity contribution < 1.29 is 8.42 Å². The summed E-state index contributed by atoms with van der Waals surface area (Å²) in [6.45, 7) is 9.00. The smallest absolute Gasteiger partial charge is 0.150 e. The Labute approximate surface area is 99.2 Å². The minimum atomic E-state index is -2.77. The van der Waals surface area contributed by atoms with Crippen molar-refractivity contribution in [2.75, 3.05) is 18.1 Å². The zero-order valence-electron chi connectivity index (χ0n) is 10.3. The largest absolute Gasteiger partial charge is 0.313 e. The van der Waals surface area contributed by atoms with E-state index in [4.69, 9.17) is 0 Å². The lowest BCUT2D eigenvalue weighted by atomic mass is 9.94. The van der Waals surface area contributed by atoms with Crippen LogP contribution in [-0.4, -0.2) is 32.5 Å². The minimum absolute atomic E-state index is 0.272. The predicted molar refractivity (Wildman–Crippen MR) is 68.3 cm³/mol. The highest BCUT2D eigenvalue weighted by Gasteiger charge is 2.33. The van der Waals surface area contributed by atoms with Gasteiger partial charge in [0, 0.05) is 6.04 Å². The summed E-state index contributed by atoms with van der Waals surface area (Å²) < 4.78 is 22.9. The lowest BCUT2D eigenvalue weighted by molar-refractivity contribution is 0.379. The van der Waals surface area contributed by atoms with Gasteiger partial charge >= 0.3 is 0 Å². The summed E-state index contributed by atoms with van der Waals surface area (Å²) in [5.74, 6) is 0.980. The van der Waals surface area contributed by atoms with Crippen molar-refractivity contribution in [3.8, 4) is 0 Å². The Kier molecular flexibility index (Phi) is 4.99. The molecular formula is C12H23NO2S. The van der Waals surface area contributed by atoms with Crippen molar-refractivity contribution in [3.05, 3.63) is 12.2 Å². The maximum Gasteiger partial charge on any atom is 0.150 e. The van der Waals surface area contributed by atoms with E-state index >= 15 is 0 Å². The topological polar surface area (TPSA) is 46.2 Å². The van der Waals surface area contributed by atoms with Crippen LogP contribution in [0.3, 0.4) is 0 Å². The first-order chi connectivity index (χ1) is 7.44. The number of rotatable bonds is 6. The molecule has 1 fully saturated rings. The molecule has 0 bridgehead atoms. The Morgan fingerprint density at radius 3 is 2.69 bits per heavy atom. The van der Waals surface area contributed by atoms with Gasteiger partial charge in [0.15, 0.2) is 9.84 Å². The average molecular weight is 245 g/mol. The van der Waals surface area contributed by atoms with Crippen molar-refractivity contribution in [3.63, 3.8) is 0 Å². The lowest BCUT2D eigenvalue weighted by Crippen LogP contribution is -2.37. The summed E-state index contributed by atoms with van der Waals surface area (Å²) in [7, 11) is -2.77. The van der Waals surface area contributed by atoms with Gasteiger partial charge in [0.2, 0.25) is 0 Å². The van der Waals surface area contributed by atoms with E-state index in [1.54, 1.807) is 0 Å². The number of nitrogens with one attached hydrogen (secondary N) is 1. The van der Waals surface area contributed by atoms with Crippen LogP contribution in [0.5, 0.6) is 0 Å². The van der Waals surface area contributed by atoms with Crippen molar-refractivity contribution in [2.24, 2.45) is 5.92 Å². The van der Waals surface area contributed by atoms with Gasteiger partial charge in [-0.1, -0.05) is 12.5 Å². The summed E-state index contributed by atoms with van der Waals surface area (Å²) in [6.07, 6.45) is 2.77. The van der Waals surface area contributed by atoms with E-state index in [1.165, 1.54) is 0 Å². The van der Waals surface area contributed by atoms with Crippen LogP contribution in [0.1, 0.15) is 33.1 Å². The summed E-state index contributed by atoms with van der Waals surface area (Å²) >= 11 is 0. The summed E-state index contributed by atoms with van der Waals surface area (Å²) in [4.78, 5) is 0. The molecule has 4 heteroatoms. The highest BCUT2D eigenvalue weighted by molar-refractivity contribution is 7.91. The van der Waals surface area contributed by atoms with E-state index in [0.29, 0.717) is 11.5 Å². The van der Waals surface area contributed by atoms with Crippen LogP contribution in [0.25, 0.3) is 0 Å². The third-order valence-corrected chi connectivity index (χ3v) is 4.86. The number of sulfone groups is 1. The van der Waals surface area contributed by atoms with E-state index in [2.05, 4.69) is 18.8 Å². The zero-order valence-corrected chi connectivity index (χ0v) is 11.1. The van der Waals surface area contributed by atoms with Gasteiger partial charge in [-0.2, -0.15) is 0 Å². The van der Waals surface area contributed by atoms with Crippen molar-refractivity contribution in [1.82, 2.24) is 5.32 Å². The Morgan fingerprint density at radius 2 is 2.25 bits per heavy atom. The molecule has 0 amide bonds. The van der Waals surface area contributed by atoms with E-state index in [1.807, 2.05) is 6.92 Å². The number of hydrogen-bond donors (Lipinski definition) is 1. The fraction of sp³-hybridized carbons (Fsp3) is 0.833. The maximum atomic E-state index is 11.5. The second-order valence-corrected chi connectivity index (χ2v) is 7.11. The molecular weight excluding hydrogens is 222 g/mol. The average Bonchev–Trinajstić information content (AvgIpc) is 2.52. The minimum Gasteiger partial charge on any atom is -0.313 e. The van der Waals surface area contributed by atoms with Crippen LogP contribution >= 0.6 is 0 Å². The van der Waals surface area contributed by atoms with Crippen molar-refractivity contribution >= 4 is 9.84 Å². The zero-order chi connectivity index (χ0) is 12.2. The van der Waals surface area contributed by atoms with Crippen LogP contribution in [0.4, 0.5) is 0 Å². The molecule has 2 unspecified atom stereocenters. The lowest BCUT2D eigenvalue weighted by Gasteiger charge is -2.24. The summed E-state index contributed by atoms with van der Waals surface area (Å²) in [6, 6.07) is 0.287. The first-order valence-corrected chi connectivity index (χ1v) is 7.85. The molecule has 1 heterocycles. The van der Waals surface area contributed by atoms with Crippen LogP contribution in [0.15, 0.2) is 12.2 Å². The maximum absolute atomic E-state index is 11.5. The molecule has 2 atom stereocenters. The fourth-order valence-corrected chi connectivity index (χ4v) is 4.13. The third kappa shape index (κ3) is 4.26. The highest BCUT2D eigenvalue weighted by Crippen LogP contribution is 2.24. The molecule has 0 aromatic heterocycles. The molecule has 1 N–H and O–H groups in total. The summed E-state index contributed by atoms with van der Waals surface area (Å²) in [5.41, 5.74) is 1.12. The Morgan fingerprint density at radius 1 is 1.56 bits per heavy atom. The van der Waals surface area contributed by atoms with Gasteiger partial charge < -0.3 is 5.32 Å². The molecule has 0 aliphatic carbocycles. The molecule has 3 nitrogen and oxygen atoms in total. The quantitative estimate of drug-likeness (QED) is 0.725. The molecule has 0 aromatic rings. The van der Waals surface area contributed by atoms with Gasteiger partial charge in [-0.15, -0.1) is 6.58 Å². The second kappa shape index (κ2) is 5.82.